The molecule has 1 saturated carbocycles. The average molecular weight is 370 g/mol. The van der Waals surface area contributed by atoms with Gasteiger partial charge in [0.2, 0.25) is 5.91 Å². The lowest BCUT2D eigenvalue weighted by Crippen LogP contribution is -2.38. The van der Waals surface area contributed by atoms with Crippen molar-refractivity contribution in [3.8, 4) is 0 Å². The molecule has 4 nitrogen and oxygen atoms in total. The van der Waals surface area contributed by atoms with E-state index in [0.29, 0.717) is 5.92 Å². The zero-order valence-corrected chi connectivity index (χ0v) is 15.7. The molecule has 1 aromatic carbocycles. The van der Waals surface area contributed by atoms with Crippen LogP contribution >= 0.6 is 11.6 Å². The molecule has 26 heavy (non-hydrogen) atoms. The number of aromatic nitrogens is 2. The van der Waals surface area contributed by atoms with Gasteiger partial charge in [0.05, 0.1) is 17.7 Å². The van der Waals surface area contributed by atoms with E-state index >= 15 is 0 Å². The second-order valence-corrected chi connectivity index (χ2v) is 7.86. The SMILES string of the molecule is Cn1nccc1C1=CC(C(=O)NC(c2cccc(Cl)c2)C2CCCC2)C1. The van der Waals surface area contributed by atoms with Crippen LogP contribution in [0.1, 0.15) is 49.4 Å². The molecule has 0 aliphatic heterocycles. The van der Waals surface area contributed by atoms with Gasteiger partial charge in [0.15, 0.2) is 0 Å². The lowest BCUT2D eigenvalue weighted by molar-refractivity contribution is -0.125. The molecule has 4 rings (SSSR count). The molecule has 2 aromatic rings. The summed E-state index contributed by atoms with van der Waals surface area (Å²) in [6.45, 7) is 0. The number of hydrogen-bond acceptors (Lipinski definition) is 2. The van der Waals surface area contributed by atoms with E-state index < -0.39 is 0 Å². The second-order valence-electron chi connectivity index (χ2n) is 7.43. The molecular weight excluding hydrogens is 346 g/mol. The third kappa shape index (κ3) is 3.43. The third-order valence-corrected chi connectivity index (χ3v) is 5.94. The Morgan fingerprint density at radius 3 is 2.73 bits per heavy atom. The van der Waals surface area contributed by atoms with Gasteiger partial charge in [-0.2, -0.15) is 5.10 Å². The zero-order valence-electron chi connectivity index (χ0n) is 15.0. The van der Waals surface area contributed by atoms with Crippen molar-refractivity contribution in [3.05, 3.63) is 58.9 Å². The average Bonchev–Trinajstić information content (AvgIpc) is 3.24. The van der Waals surface area contributed by atoms with Gasteiger partial charge in [-0.3, -0.25) is 9.48 Å². The first-order valence-electron chi connectivity index (χ1n) is 9.37. The molecule has 2 unspecified atom stereocenters. The van der Waals surface area contributed by atoms with E-state index in [1.54, 1.807) is 6.20 Å². The van der Waals surface area contributed by atoms with Crippen LogP contribution in [0.3, 0.4) is 0 Å². The third-order valence-electron chi connectivity index (χ3n) is 5.71. The van der Waals surface area contributed by atoms with Gasteiger partial charge in [0.1, 0.15) is 0 Å². The number of carbonyl (C=O) groups excluding carboxylic acids is 1. The van der Waals surface area contributed by atoms with Crippen LogP contribution in [0.25, 0.3) is 5.57 Å². The molecule has 2 atom stereocenters. The number of rotatable bonds is 5. The highest BCUT2D eigenvalue weighted by Crippen LogP contribution is 2.38. The summed E-state index contributed by atoms with van der Waals surface area (Å²) in [6, 6.07) is 9.96. The molecule has 1 aromatic heterocycles. The molecule has 1 amide bonds. The van der Waals surface area contributed by atoms with Crippen LogP contribution in [0.5, 0.6) is 0 Å². The molecule has 1 fully saturated rings. The van der Waals surface area contributed by atoms with Gasteiger partial charge in [-0.1, -0.05) is 42.7 Å². The van der Waals surface area contributed by atoms with Crippen molar-refractivity contribution in [2.24, 2.45) is 18.9 Å². The normalized spacial score (nSPS) is 21.2. The first-order valence-corrected chi connectivity index (χ1v) is 9.74. The Kier molecular flexibility index (Phi) is 4.86. The van der Waals surface area contributed by atoms with Gasteiger partial charge in [-0.15, -0.1) is 0 Å². The number of halogens is 1. The summed E-state index contributed by atoms with van der Waals surface area (Å²) >= 11 is 6.19. The maximum atomic E-state index is 12.8. The minimum Gasteiger partial charge on any atom is -0.348 e. The second kappa shape index (κ2) is 7.28. The predicted octanol–water partition coefficient (Wildman–Crippen LogP) is 4.52. The summed E-state index contributed by atoms with van der Waals surface area (Å²) in [6.07, 6.45) is 9.45. The van der Waals surface area contributed by atoms with E-state index in [4.69, 9.17) is 11.6 Å². The topological polar surface area (TPSA) is 46.9 Å². The fourth-order valence-electron chi connectivity index (χ4n) is 4.22. The van der Waals surface area contributed by atoms with Crippen molar-refractivity contribution in [2.45, 2.75) is 38.1 Å². The predicted molar refractivity (Wildman–Crippen MR) is 104 cm³/mol. The Hall–Kier alpha value is -2.07. The van der Waals surface area contributed by atoms with E-state index in [0.717, 1.165) is 35.5 Å². The van der Waals surface area contributed by atoms with Gasteiger partial charge < -0.3 is 5.32 Å². The number of amides is 1. The molecule has 1 heterocycles. The Morgan fingerprint density at radius 1 is 1.31 bits per heavy atom. The zero-order chi connectivity index (χ0) is 18.1. The summed E-state index contributed by atoms with van der Waals surface area (Å²) in [4.78, 5) is 12.8. The molecule has 0 bridgehead atoms. The van der Waals surface area contributed by atoms with Gasteiger partial charge in [-0.25, -0.2) is 0 Å². The molecule has 0 saturated heterocycles. The maximum absolute atomic E-state index is 12.8. The molecular formula is C21H24ClN3O. The highest BCUT2D eigenvalue weighted by atomic mass is 35.5. The Morgan fingerprint density at radius 2 is 2.08 bits per heavy atom. The van der Waals surface area contributed by atoms with Crippen molar-refractivity contribution < 1.29 is 4.79 Å². The molecule has 2 aliphatic carbocycles. The summed E-state index contributed by atoms with van der Waals surface area (Å²) in [7, 11) is 1.93. The quantitative estimate of drug-likeness (QED) is 0.841. The van der Waals surface area contributed by atoms with E-state index in [2.05, 4.69) is 22.6 Å². The number of allylic oxidation sites excluding steroid dienone is 1. The standard InChI is InChI=1S/C21H24ClN3O/c1-25-19(9-10-23-25)16-11-17(12-16)21(26)24-20(14-5-2-3-6-14)15-7-4-8-18(22)13-15/h4,7-11,13-14,17,20H,2-3,5-6,12H2,1H3,(H,24,26). The van der Waals surface area contributed by atoms with E-state index in [-0.39, 0.29) is 17.9 Å². The number of carbonyl (C=O) groups is 1. The van der Waals surface area contributed by atoms with Gasteiger partial charge in [-0.05, 0) is 54.5 Å². The highest BCUT2D eigenvalue weighted by molar-refractivity contribution is 6.30. The van der Waals surface area contributed by atoms with Gasteiger partial charge >= 0.3 is 0 Å². The Balaban J connectivity index is 1.49. The summed E-state index contributed by atoms with van der Waals surface area (Å²) in [5.41, 5.74) is 3.41. The van der Waals surface area contributed by atoms with Crippen molar-refractivity contribution in [3.63, 3.8) is 0 Å². The van der Waals surface area contributed by atoms with Crippen LogP contribution < -0.4 is 5.32 Å². The Labute approximate surface area is 159 Å². The lowest BCUT2D eigenvalue weighted by Gasteiger charge is -2.30. The first-order chi connectivity index (χ1) is 12.6. The first kappa shape index (κ1) is 17.3. The molecule has 5 heteroatoms. The molecule has 0 radical (unpaired) electrons. The minimum absolute atomic E-state index is 0.0528. The monoisotopic (exact) mass is 369 g/mol. The van der Waals surface area contributed by atoms with Gasteiger partial charge in [0, 0.05) is 18.3 Å². The van der Waals surface area contributed by atoms with Crippen LogP contribution in [0.15, 0.2) is 42.6 Å². The number of nitrogens with zero attached hydrogens (tertiary/aromatic N) is 2. The van der Waals surface area contributed by atoms with Crippen molar-refractivity contribution in [2.75, 3.05) is 0 Å². The van der Waals surface area contributed by atoms with E-state index in [9.17, 15) is 4.79 Å². The van der Waals surface area contributed by atoms with Crippen LogP contribution in [0, 0.1) is 11.8 Å². The van der Waals surface area contributed by atoms with Crippen molar-refractivity contribution in [1.82, 2.24) is 15.1 Å². The summed E-state index contributed by atoms with van der Waals surface area (Å²) in [5.74, 6) is 0.564. The smallest absolute Gasteiger partial charge is 0.227 e. The molecule has 0 spiro atoms. The summed E-state index contributed by atoms with van der Waals surface area (Å²) in [5, 5.41) is 8.24. The Bertz CT molecular complexity index is 835. The number of aryl methyl sites for hydroxylation is 1. The minimum atomic E-state index is -0.0528. The lowest BCUT2D eigenvalue weighted by atomic mass is 9.83. The summed E-state index contributed by atoms with van der Waals surface area (Å²) < 4.78 is 1.85. The number of hydrogen-bond donors (Lipinski definition) is 1. The van der Waals surface area contributed by atoms with E-state index in [1.165, 1.54) is 18.4 Å². The van der Waals surface area contributed by atoms with Crippen LogP contribution in [0.4, 0.5) is 0 Å². The molecule has 2 aliphatic rings. The van der Waals surface area contributed by atoms with Crippen LogP contribution in [-0.4, -0.2) is 15.7 Å². The van der Waals surface area contributed by atoms with Gasteiger partial charge in [0.25, 0.3) is 0 Å². The van der Waals surface area contributed by atoms with Crippen molar-refractivity contribution >= 4 is 23.1 Å². The maximum Gasteiger partial charge on any atom is 0.227 e. The van der Waals surface area contributed by atoms with Crippen LogP contribution in [0.2, 0.25) is 5.02 Å². The van der Waals surface area contributed by atoms with Crippen molar-refractivity contribution in [1.29, 1.82) is 0 Å². The number of benzene rings is 1. The fraction of sp³-hybridized carbons (Fsp3) is 0.429. The molecule has 1 N–H and O–H groups in total. The van der Waals surface area contributed by atoms with Crippen LogP contribution in [-0.2, 0) is 11.8 Å². The largest absolute Gasteiger partial charge is 0.348 e. The highest BCUT2D eigenvalue weighted by Gasteiger charge is 2.33. The number of nitrogens with one attached hydrogen (secondary N) is 1. The fourth-order valence-corrected chi connectivity index (χ4v) is 4.42. The van der Waals surface area contributed by atoms with E-state index in [1.807, 2.05) is 36.0 Å². The molecule has 136 valence electrons.